The number of anilines is 2. The van der Waals surface area contributed by atoms with Crippen LogP contribution in [0.4, 0.5) is 15.8 Å². The lowest BCUT2D eigenvalue weighted by molar-refractivity contribution is 0.282. The van der Waals surface area contributed by atoms with E-state index in [9.17, 15) is 4.39 Å². The second kappa shape index (κ2) is 10.5. The number of rotatable bonds is 8. The monoisotopic (exact) mass is 518 g/mol. The highest BCUT2D eigenvalue weighted by Gasteiger charge is 2.16. The maximum atomic E-state index is 13.1. The Morgan fingerprint density at radius 1 is 1.03 bits per heavy atom. The Bertz CT molecular complexity index is 1070. The summed E-state index contributed by atoms with van der Waals surface area (Å²) in [6, 6.07) is 16.3. The Morgan fingerprint density at radius 3 is 2.47 bits per heavy atom. The van der Waals surface area contributed by atoms with Crippen molar-refractivity contribution in [2.24, 2.45) is 0 Å². The molecule has 0 amide bonds. The average molecular weight is 520 g/mol. The van der Waals surface area contributed by atoms with Crippen molar-refractivity contribution in [3.05, 3.63) is 81.0 Å². The van der Waals surface area contributed by atoms with Crippen molar-refractivity contribution >= 4 is 38.9 Å². The molecule has 0 atom stereocenters. The van der Waals surface area contributed by atoms with E-state index in [1.165, 1.54) is 25.0 Å². The maximum Gasteiger partial charge on any atom is 0.175 e. The molecular weight excluding hydrogens is 495 g/mol. The largest absolute Gasteiger partial charge is 0.493 e. The molecule has 1 fully saturated rings. The highest BCUT2D eigenvalue weighted by atomic mass is 79.9. The number of ether oxygens (including phenoxy) is 2. The molecule has 0 saturated carbocycles. The van der Waals surface area contributed by atoms with Gasteiger partial charge in [-0.05, 0) is 82.4 Å². The van der Waals surface area contributed by atoms with Crippen LogP contribution in [0.3, 0.4) is 0 Å². The summed E-state index contributed by atoms with van der Waals surface area (Å²) in [6.45, 7) is 3.05. The molecule has 1 heterocycles. The minimum Gasteiger partial charge on any atom is -0.493 e. The molecule has 1 N–H and O–H groups in total. The molecule has 1 saturated heterocycles. The minimum atomic E-state index is -0.267. The van der Waals surface area contributed by atoms with Crippen LogP contribution in [0.15, 0.2) is 59.1 Å². The van der Waals surface area contributed by atoms with Crippen LogP contribution >= 0.6 is 27.5 Å². The number of nitrogens with one attached hydrogen (secondary N) is 1. The standard InChI is InChI=1S/C25H25BrClFN2O2/c1-31-24-13-18(12-21(26)25(24)32-16-17-4-6-19(28)7-5-17)15-29-20-8-9-23(22(27)14-20)30-10-2-3-11-30/h4-9,12-14,29H,2-3,10-11,15-16H2,1H3. The predicted molar refractivity (Wildman–Crippen MR) is 132 cm³/mol. The molecule has 3 aromatic rings. The predicted octanol–water partition coefficient (Wildman–Crippen LogP) is 7.04. The van der Waals surface area contributed by atoms with E-state index in [1.54, 1.807) is 19.2 Å². The molecule has 7 heteroatoms. The average Bonchev–Trinajstić information content (AvgIpc) is 3.32. The van der Waals surface area contributed by atoms with E-state index in [1.807, 2.05) is 18.2 Å². The van der Waals surface area contributed by atoms with Gasteiger partial charge in [0.1, 0.15) is 12.4 Å². The highest BCUT2D eigenvalue weighted by molar-refractivity contribution is 9.10. The van der Waals surface area contributed by atoms with Gasteiger partial charge in [0.2, 0.25) is 0 Å². The molecule has 4 nitrogen and oxygen atoms in total. The van der Waals surface area contributed by atoms with Crippen molar-refractivity contribution in [1.29, 1.82) is 0 Å². The second-order valence-electron chi connectivity index (χ2n) is 7.74. The second-order valence-corrected chi connectivity index (χ2v) is 9.00. The van der Waals surface area contributed by atoms with Crippen LogP contribution in [-0.4, -0.2) is 20.2 Å². The van der Waals surface area contributed by atoms with Crippen molar-refractivity contribution in [3.8, 4) is 11.5 Å². The summed E-state index contributed by atoms with van der Waals surface area (Å²) in [5.41, 5.74) is 3.97. The van der Waals surface area contributed by atoms with E-state index in [2.05, 4.69) is 38.3 Å². The molecule has 4 rings (SSSR count). The van der Waals surface area contributed by atoms with Crippen molar-refractivity contribution in [2.75, 3.05) is 30.4 Å². The minimum absolute atomic E-state index is 0.267. The molecule has 0 bridgehead atoms. The van der Waals surface area contributed by atoms with Gasteiger partial charge in [-0.25, -0.2) is 4.39 Å². The van der Waals surface area contributed by atoms with Crippen LogP contribution in [0.1, 0.15) is 24.0 Å². The van der Waals surface area contributed by atoms with Gasteiger partial charge in [-0.15, -0.1) is 0 Å². The molecular formula is C25H25BrClFN2O2. The van der Waals surface area contributed by atoms with Gasteiger partial charge >= 0.3 is 0 Å². The number of hydrogen-bond acceptors (Lipinski definition) is 4. The molecule has 1 aliphatic heterocycles. The van der Waals surface area contributed by atoms with Crippen molar-refractivity contribution < 1.29 is 13.9 Å². The van der Waals surface area contributed by atoms with Crippen LogP contribution in [0.2, 0.25) is 5.02 Å². The zero-order chi connectivity index (χ0) is 22.5. The molecule has 3 aromatic carbocycles. The van der Waals surface area contributed by atoms with E-state index in [4.69, 9.17) is 21.1 Å². The van der Waals surface area contributed by atoms with Gasteiger partial charge in [-0.2, -0.15) is 0 Å². The number of benzene rings is 3. The van der Waals surface area contributed by atoms with Crippen molar-refractivity contribution in [3.63, 3.8) is 0 Å². The quantitative estimate of drug-likeness (QED) is 0.346. The molecule has 32 heavy (non-hydrogen) atoms. The van der Waals surface area contributed by atoms with Crippen LogP contribution < -0.4 is 19.7 Å². The molecule has 0 aliphatic carbocycles. The van der Waals surface area contributed by atoms with E-state index in [0.29, 0.717) is 24.7 Å². The van der Waals surface area contributed by atoms with Crippen LogP contribution in [-0.2, 0) is 13.2 Å². The normalized spacial score (nSPS) is 13.3. The summed E-state index contributed by atoms with van der Waals surface area (Å²) in [5.74, 6) is 0.968. The fraction of sp³-hybridized carbons (Fsp3) is 0.280. The third-order valence-electron chi connectivity index (χ3n) is 5.48. The Kier molecular flexibility index (Phi) is 7.43. The summed E-state index contributed by atoms with van der Waals surface area (Å²) in [7, 11) is 1.61. The Hall–Kier alpha value is -2.44. The first-order valence-corrected chi connectivity index (χ1v) is 11.7. The highest BCUT2D eigenvalue weighted by Crippen LogP contribution is 2.38. The van der Waals surface area contributed by atoms with Gasteiger partial charge in [0.15, 0.2) is 11.5 Å². The van der Waals surface area contributed by atoms with Gasteiger partial charge in [-0.1, -0.05) is 23.7 Å². The number of hydrogen-bond donors (Lipinski definition) is 1. The van der Waals surface area contributed by atoms with Crippen LogP contribution in [0, 0.1) is 5.82 Å². The summed E-state index contributed by atoms with van der Waals surface area (Å²) < 4.78 is 25.4. The van der Waals surface area contributed by atoms with Gasteiger partial charge in [0.25, 0.3) is 0 Å². The van der Waals surface area contributed by atoms with E-state index in [0.717, 1.165) is 45.1 Å². The van der Waals surface area contributed by atoms with Gasteiger partial charge < -0.3 is 19.7 Å². The third kappa shape index (κ3) is 5.48. The molecule has 1 aliphatic rings. The number of methoxy groups -OCH3 is 1. The van der Waals surface area contributed by atoms with E-state index < -0.39 is 0 Å². The molecule has 0 aromatic heterocycles. The number of halogens is 3. The Balaban J connectivity index is 1.42. The van der Waals surface area contributed by atoms with E-state index in [-0.39, 0.29) is 5.82 Å². The fourth-order valence-electron chi connectivity index (χ4n) is 3.79. The maximum absolute atomic E-state index is 13.1. The topological polar surface area (TPSA) is 33.7 Å². The van der Waals surface area contributed by atoms with Crippen LogP contribution in [0.5, 0.6) is 11.5 Å². The molecule has 168 valence electrons. The van der Waals surface area contributed by atoms with Crippen molar-refractivity contribution in [1.82, 2.24) is 0 Å². The summed E-state index contributed by atoms with van der Waals surface area (Å²) in [4.78, 5) is 2.33. The summed E-state index contributed by atoms with van der Waals surface area (Å²) in [5, 5.41) is 4.19. The summed E-state index contributed by atoms with van der Waals surface area (Å²) in [6.07, 6.45) is 2.44. The van der Waals surface area contributed by atoms with Gasteiger partial charge in [0, 0.05) is 25.3 Å². The number of nitrogens with zero attached hydrogens (tertiary/aromatic N) is 1. The zero-order valence-electron chi connectivity index (χ0n) is 17.8. The SMILES string of the molecule is COc1cc(CNc2ccc(N3CCCC3)c(Cl)c2)cc(Br)c1OCc1ccc(F)cc1. The van der Waals surface area contributed by atoms with Crippen LogP contribution in [0.25, 0.3) is 0 Å². The summed E-state index contributed by atoms with van der Waals surface area (Å²) >= 11 is 10.1. The van der Waals surface area contributed by atoms with Crippen molar-refractivity contribution in [2.45, 2.75) is 26.0 Å². The molecule has 0 spiro atoms. The zero-order valence-corrected chi connectivity index (χ0v) is 20.2. The van der Waals surface area contributed by atoms with E-state index >= 15 is 0 Å². The first-order valence-electron chi connectivity index (χ1n) is 10.6. The molecule has 0 radical (unpaired) electrons. The first kappa shape index (κ1) is 22.7. The Labute approximate surface area is 201 Å². The lowest BCUT2D eigenvalue weighted by atomic mass is 10.2. The van der Waals surface area contributed by atoms with Gasteiger partial charge in [0.05, 0.1) is 22.3 Å². The third-order valence-corrected chi connectivity index (χ3v) is 6.37. The van der Waals surface area contributed by atoms with Gasteiger partial charge in [-0.3, -0.25) is 0 Å². The smallest absolute Gasteiger partial charge is 0.175 e. The lowest BCUT2D eigenvalue weighted by Crippen LogP contribution is -2.17. The molecule has 0 unspecified atom stereocenters. The fourth-order valence-corrected chi connectivity index (χ4v) is 4.69. The Morgan fingerprint density at radius 2 is 1.78 bits per heavy atom. The first-order chi connectivity index (χ1) is 15.5. The lowest BCUT2D eigenvalue weighted by Gasteiger charge is -2.20.